The molecule has 1 aromatic carbocycles. The molecule has 2 aromatic rings. The fourth-order valence-corrected chi connectivity index (χ4v) is 1.36. The second-order valence-electron chi connectivity index (χ2n) is 3.36. The Morgan fingerprint density at radius 1 is 1.06 bits per heavy atom. The predicted molar refractivity (Wildman–Crippen MR) is 59.9 cm³/mol. The van der Waals surface area contributed by atoms with E-state index in [1.54, 1.807) is 18.0 Å². The van der Waals surface area contributed by atoms with Gasteiger partial charge in [-0.25, -0.2) is 0 Å². The van der Waals surface area contributed by atoms with E-state index in [2.05, 4.69) is 0 Å². The zero-order chi connectivity index (χ0) is 11.2. The molecule has 0 atom stereocenters. The summed E-state index contributed by atoms with van der Waals surface area (Å²) in [6.07, 6.45) is 3.63. The van der Waals surface area contributed by atoms with E-state index < -0.39 is 0 Å². The van der Waals surface area contributed by atoms with Crippen LogP contribution in [0.5, 0.6) is 5.75 Å². The molecule has 0 saturated heterocycles. The minimum Gasteiger partial charge on any atom is -0.491 e. The molecule has 0 unspecified atom stereocenters. The van der Waals surface area contributed by atoms with Crippen molar-refractivity contribution in [2.45, 2.75) is 6.61 Å². The summed E-state index contributed by atoms with van der Waals surface area (Å²) in [6, 6.07) is 13.8. The highest BCUT2D eigenvalue weighted by Gasteiger charge is 2.04. The maximum Gasteiger partial charge on any atom is 0.264 e. The lowest BCUT2D eigenvalue weighted by molar-refractivity contribution is -0.895. The summed E-state index contributed by atoms with van der Waals surface area (Å²) in [5, 5.41) is 0. The molecule has 3 nitrogen and oxygen atoms in total. The first-order valence-electron chi connectivity index (χ1n) is 5.11. The van der Waals surface area contributed by atoms with Gasteiger partial charge in [0, 0.05) is 10.8 Å². The molecular formula is C13H14NO2+. The van der Waals surface area contributed by atoms with Gasteiger partial charge in [-0.2, -0.15) is 0 Å². The molecule has 3 heteroatoms. The van der Waals surface area contributed by atoms with Crippen molar-refractivity contribution in [1.29, 1.82) is 0 Å². The maximum atomic E-state index is 5.57. The van der Waals surface area contributed by atoms with Gasteiger partial charge < -0.3 is 4.74 Å². The summed E-state index contributed by atoms with van der Waals surface area (Å²) in [4.78, 5) is 5.57. The smallest absolute Gasteiger partial charge is 0.264 e. The Balaban J connectivity index is 1.99. The molecule has 2 rings (SSSR count). The number of ether oxygens (including phenoxy) is 1. The van der Waals surface area contributed by atoms with Gasteiger partial charge in [0.05, 0.1) is 7.11 Å². The highest BCUT2D eigenvalue weighted by molar-refractivity contribution is 5.13. The van der Waals surface area contributed by atoms with Gasteiger partial charge >= 0.3 is 0 Å². The minimum atomic E-state index is 0.540. The molecule has 82 valence electrons. The lowest BCUT2D eigenvalue weighted by Crippen LogP contribution is -2.41. The number of benzene rings is 1. The van der Waals surface area contributed by atoms with Crippen molar-refractivity contribution in [3.8, 4) is 5.75 Å². The number of aromatic nitrogens is 1. The molecule has 1 aromatic heterocycles. The van der Waals surface area contributed by atoms with Crippen molar-refractivity contribution < 1.29 is 14.3 Å². The van der Waals surface area contributed by atoms with Gasteiger partial charge in [-0.1, -0.05) is 30.3 Å². The Morgan fingerprint density at radius 3 is 2.62 bits per heavy atom. The second kappa shape index (κ2) is 5.16. The van der Waals surface area contributed by atoms with Crippen LogP contribution < -0.4 is 14.3 Å². The first-order chi connectivity index (χ1) is 7.88. The van der Waals surface area contributed by atoms with Gasteiger partial charge in [-0.05, 0) is 11.6 Å². The molecule has 0 N–H and O–H groups in total. The Labute approximate surface area is 94.8 Å². The average Bonchev–Trinajstić information content (AvgIpc) is 2.38. The van der Waals surface area contributed by atoms with Crippen LogP contribution in [-0.2, 0) is 6.61 Å². The van der Waals surface area contributed by atoms with Crippen molar-refractivity contribution in [2.75, 3.05) is 7.11 Å². The third kappa shape index (κ3) is 2.73. The molecule has 0 aliphatic rings. The Hall–Kier alpha value is -2.03. The van der Waals surface area contributed by atoms with Crippen LogP contribution in [0.3, 0.4) is 0 Å². The largest absolute Gasteiger partial charge is 0.491 e. The molecule has 0 radical (unpaired) electrons. The van der Waals surface area contributed by atoms with Crippen LogP contribution in [0.1, 0.15) is 5.56 Å². The van der Waals surface area contributed by atoms with Crippen LogP contribution in [0.4, 0.5) is 0 Å². The van der Waals surface area contributed by atoms with Crippen molar-refractivity contribution in [1.82, 2.24) is 0 Å². The molecule has 1 heterocycles. The molecule has 0 bridgehead atoms. The number of hydrogen-bond donors (Lipinski definition) is 0. The summed E-state index contributed by atoms with van der Waals surface area (Å²) in [5.74, 6) is 0.774. The fourth-order valence-electron chi connectivity index (χ4n) is 1.36. The van der Waals surface area contributed by atoms with Crippen molar-refractivity contribution in [3.63, 3.8) is 0 Å². The van der Waals surface area contributed by atoms with E-state index in [4.69, 9.17) is 9.57 Å². The lowest BCUT2D eigenvalue weighted by atomic mass is 10.2. The molecule has 16 heavy (non-hydrogen) atoms. The first kappa shape index (κ1) is 10.5. The van der Waals surface area contributed by atoms with Crippen LogP contribution in [0.15, 0.2) is 54.9 Å². The van der Waals surface area contributed by atoms with Crippen LogP contribution in [0.2, 0.25) is 0 Å². The third-order valence-electron chi connectivity index (χ3n) is 2.21. The van der Waals surface area contributed by atoms with E-state index in [9.17, 15) is 0 Å². The van der Waals surface area contributed by atoms with E-state index in [-0.39, 0.29) is 0 Å². The number of rotatable bonds is 4. The normalized spacial score (nSPS) is 9.81. The topological polar surface area (TPSA) is 22.3 Å². The highest BCUT2D eigenvalue weighted by Crippen LogP contribution is 2.03. The lowest BCUT2D eigenvalue weighted by Gasteiger charge is -2.00. The number of pyridine rings is 1. The molecule has 0 fully saturated rings. The van der Waals surface area contributed by atoms with Crippen LogP contribution >= 0.6 is 0 Å². The Morgan fingerprint density at radius 2 is 1.88 bits per heavy atom. The van der Waals surface area contributed by atoms with Gasteiger partial charge in [0.25, 0.3) is 6.20 Å². The minimum absolute atomic E-state index is 0.540. The van der Waals surface area contributed by atoms with E-state index in [1.165, 1.54) is 0 Å². The summed E-state index contributed by atoms with van der Waals surface area (Å²) in [6.45, 7) is 0.540. The van der Waals surface area contributed by atoms with Crippen LogP contribution in [-0.4, -0.2) is 7.11 Å². The predicted octanol–water partition coefficient (Wildman–Crippen LogP) is 1.61. The van der Waals surface area contributed by atoms with Crippen LogP contribution in [0, 0.1) is 0 Å². The third-order valence-corrected chi connectivity index (χ3v) is 2.21. The summed E-state index contributed by atoms with van der Waals surface area (Å²) < 4.78 is 6.75. The van der Waals surface area contributed by atoms with Gasteiger partial charge in [-0.3, -0.25) is 4.84 Å². The molecular weight excluding hydrogens is 202 g/mol. The average molecular weight is 216 g/mol. The fraction of sp³-hybridized carbons (Fsp3) is 0.154. The summed E-state index contributed by atoms with van der Waals surface area (Å²) in [7, 11) is 1.64. The zero-order valence-corrected chi connectivity index (χ0v) is 9.17. The van der Waals surface area contributed by atoms with Gasteiger partial charge in [0.2, 0.25) is 6.20 Å². The highest BCUT2D eigenvalue weighted by atomic mass is 16.7. The van der Waals surface area contributed by atoms with Gasteiger partial charge in [-0.15, -0.1) is 0 Å². The van der Waals surface area contributed by atoms with Crippen molar-refractivity contribution >= 4 is 0 Å². The van der Waals surface area contributed by atoms with Gasteiger partial charge in [0.1, 0.15) is 0 Å². The van der Waals surface area contributed by atoms with E-state index >= 15 is 0 Å². The monoisotopic (exact) mass is 216 g/mol. The standard InChI is InChI=1S/C13H14NO2/c1-15-13-8-5-9-14(10-13)16-11-12-6-3-2-4-7-12/h2-10H,11H2,1H3/q+1. The van der Waals surface area contributed by atoms with Crippen molar-refractivity contribution in [3.05, 3.63) is 60.4 Å². The first-order valence-corrected chi connectivity index (χ1v) is 5.11. The van der Waals surface area contributed by atoms with E-state index in [0.717, 1.165) is 11.3 Å². The second-order valence-corrected chi connectivity index (χ2v) is 3.36. The number of nitrogens with zero attached hydrogens (tertiary/aromatic N) is 1. The number of methoxy groups -OCH3 is 1. The summed E-state index contributed by atoms with van der Waals surface area (Å²) >= 11 is 0. The molecule has 0 spiro atoms. The molecule has 0 aliphatic heterocycles. The maximum absolute atomic E-state index is 5.57. The van der Waals surface area contributed by atoms with E-state index in [0.29, 0.717) is 6.61 Å². The Kier molecular flexibility index (Phi) is 3.38. The Bertz CT molecular complexity index is 443. The van der Waals surface area contributed by atoms with Gasteiger partial charge in [0.15, 0.2) is 12.4 Å². The SMILES string of the molecule is COc1ccc[n+](OCc2ccccc2)c1. The quantitative estimate of drug-likeness (QED) is 0.724. The molecule has 0 aliphatic carbocycles. The van der Waals surface area contributed by atoms with Crippen LogP contribution in [0.25, 0.3) is 0 Å². The molecule has 0 amide bonds. The van der Waals surface area contributed by atoms with Crippen molar-refractivity contribution in [2.24, 2.45) is 0 Å². The van der Waals surface area contributed by atoms with E-state index in [1.807, 2.05) is 48.7 Å². The number of hydrogen-bond acceptors (Lipinski definition) is 2. The molecule has 0 saturated carbocycles. The summed E-state index contributed by atoms with van der Waals surface area (Å²) in [5.41, 5.74) is 1.14. The zero-order valence-electron chi connectivity index (χ0n) is 9.17.